The zero-order valence-corrected chi connectivity index (χ0v) is 17.5. The number of benzene rings is 1. The maximum absolute atomic E-state index is 13.0. The molecule has 3 aromatic heterocycles. The molecular weight excluding hydrogens is 437 g/mol. The Kier molecular flexibility index (Phi) is 5.12. The summed E-state index contributed by atoms with van der Waals surface area (Å²) in [6.07, 6.45) is 1.54. The van der Waals surface area contributed by atoms with Crippen LogP contribution >= 0.6 is 34.8 Å². The molecule has 1 amide bonds. The molecule has 0 unspecified atom stereocenters. The Hall–Kier alpha value is -2.74. The van der Waals surface area contributed by atoms with Crippen molar-refractivity contribution in [2.75, 3.05) is 5.43 Å². The average Bonchev–Trinajstić information content (AvgIpc) is 3.29. The summed E-state index contributed by atoms with van der Waals surface area (Å²) in [5, 5.41) is 5.95. The third-order valence-corrected chi connectivity index (χ3v) is 5.11. The Morgan fingerprint density at radius 1 is 1.17 bits per heavy atom. The van der Waals surface area contributed by atoms with Gasteiger partial charge in [-0.25, -0.2) is 4.98 Å². The molecule has 0 fully saturated rings. The number of furan rings is 1. The molecule has 0 aliphatic rings. The molecule has 10 heteroatoms. The van der Waals surface area contributed by atoms with Crippen molar-refractivity contribution in [3.8, 4) is 11.5 Å². The number of carbonyl (C=O) groups is 1. The van der Waals surface area contributed by atoms with Gasteiger partial charge in [-0.15, -0.1) is 0 Å². The lowest BCUT2D eigenvalue weighted by Gasteiger charge is -2.13. The van der Waals surface area contributed by atoms with E-state index in [1.807, 2.05) is 6.92 Å². The van der Waals surface area contributed by atoms with E-state index in [4.69, 9.17) is 39.2 Å². The maximum Gasteiger partial charge on any atom is 0.270 e. The predicted molar refractivity (Wildman–Crippen MR) is 114 cm³/mol. The fraction of sp³-hybridized carbons (Fsp3) is 0.105. The minimum Gasteiger partial charge on any atom is -0.463 e. The maximum atomic E-state index is 13.0. The standard InChI is InChI=1S/C19H14Cl3N5O2/c1-9-16-11(19(28)25-24-17-12(21)6-10(20)7-13(17)22)8-14(15-4-3-5-29-15)23-18(16)27(2)26-9/h3-8,24H,1-2H3,(H,25,28). The summed E-state index contributed by atoms with van der Waals surface area (Å²) >= 11 is 18.2. The lowest BCUT2D eigenvalue weighted by Crippen LogP contribution is -2.30. The topological polar surface area (TPSA) is 85.0 Å². The van der Waals surface area contributed by atoms with Crippen LogP contribution in [0.5, 0.6) is 0 Å². The van der Waals surface area contributed by atoms with Crippen LogP contribution in [0.1, 0.15) is 16.1 Å². The average molecular weight is 451 g/mol. The van der Waals surface area contributed by atoms with E-state index >= 15 is 0 Å². The van der Waals surface area contributed by atoms with E-state index in [9.17, 15) is 4.79 Å². The number of nitrogens with zero attached hydrogens (tertiary/aromatic N) is 3. The van der Waals surface area contributed by atoms with Crippen LogP contribution in [0.25, 0.3) is 22.5 Å². The minimum absolute atomic E-state index is 0.275. The van der Waals surface area contributed by atoms with Crippen molar-refractivity contribution in [2.45, 2.75) is 6.92 Å². The summed E-state index contributed by atoms with van der Waals surface area (Å²) in [4.78, 5) is 17.6. The van der Waals surface area contributed by atoms with E-state index in [0.717, 1.165) is 0 Å². The highest BCUT2D eigenvalue weighted by atomic mass is 35.5. The summed E-state index contributed by atoms with van der Waals surface area (Å²) in [5.74, 6) is 0.125. The zero-order valence-electron chi connectivity index (χ0n) is 15.3. The highest BCUT2D eigenvalue weighted by Gasteiger charge is 2.20. The Morgan fingerprint density at radius 3 is 2.55 bits per heavy atom. The third-order valence-electron chi connectivity index (χ3n) is 4.29. The van der Waals surface area contributed by atoms with Gasteiger partial charge in [-0.1, -0.05) is 34.8 Å². The third kappa shape index (κ3) is 3.64. The van der Waals surface area contributed by atoms with Crippen molar-refractivity contribution in [2.24, 2.45) is 7.05 Å². The number of fused-ring (bicyclic) bond motifs is 1. The molecule has 0 spiro atoms. The summed E-state index contributed by atoms with van der Waals surface area (Å²) in [6, 6.07) is 8.22. The molecule has 3 heterocycles. The van der Waals surface area contributed by atoms with Crippen LogP contribution in [0.15, 0.2) is 41.0 Å². The van der Waals surface area contributed by atoms with E-state index in [0.29, 0.717) is 44.5 Å². The largest absolute Gasteiger partial charge is 0.463 e. The van der Waals surface area contributed by atoms with E-state index < -0.39 is 5.91 Å². The molecule has 0 bridgehead atoms. The van der Waals surface area contributed by atoms with E-state index in [1.54, 1.807) is 36.2 Å². The lowest BCUT2D eigenvalue weighted by atomic mass is 10.1. The van der Waals surface area contributed by atoms with E-state index in [-0.39, 0.29) is 10.0 Å². The zero-order chi connectivity index (χ0) is 20.7. The quantitative estimate of drug-likeness (QED) is 0.415. The molecule has 0 saturated carbocycles. The molecule has 148 valence electrons. The van der Waals surface area contributed by atoms with Crippen LogP contribution in [0.4, 0.5) is 5.69 Å². The monoisotopic (exact) mass is 449 g/mol. The summed E-state index contributed by atoms with van der Waals surface area (Å²) in [7, 11) is 1.77. The Balaban J connectivity index is 1.74. The number of rotatable bonds is 4. The molecule has 0 aliphatic carbocycles. The highest BCUT2D eigenvalue weighted by Crippen LogP contribution is 2.33. The van der Waals surface area contributed by atoms with Gasteiger partial charge in [0, 0.05) is 12.1 Å². The predicted octanol–water partition coefficient (Wildman–Crippen LogP) is 5.25. The van der Waals surface area contributed by atoms with Crippen molar-refractivity contribution in [3.05, 3.63) is 62.9 Å². The summed E-state index contributed by atoms with van der Waals surface area (Å²) < 4.78 is 7.05. The molecule has 0 atom stereocenters. The number of aryl methyl sites for hydroxylation is 2. The Labute approximate surface area is 180 Å². The van der Waals surface area contributed by atoms with Crippen LogP contribution in [-0.4, -0.2) is 20.7 Å². The number of nitrogens with one attached hydrogen (secondary N) is 2. The van der Waals surface area contributed by atoms with Gasteiger partial charge < -0.3 is 4.42 Å². The molecule has 0 radical (unpaired) electrons. The summed E-state index contributed by atoms with van der Waals surface area (Å²) in [5.41, 5.74) is 7.84. The number of anilines is 1. The fourth-order valence-corrected chi connectivity index (χ4v) is 3.93. The first-order chi connectivity index (χ1) is 13.8. The summed E-state index contributed by atoms with van der Waals surface area (Å²) in [6.45, 7) is 1.81. The first-order valence-corrected chi connectivity index (χ1v) is 9.57. The van der Waals surface area contributed by atoms with Gasteiger partial charge in [0.15, 0.2) is 11.4 Å². The normalized spacial score (nSPS) is 11.1. The number of hydrazine groups is 1. The first kappa shape index (κ1) is 19.6. The first-order valence-electron chi connectivity index (χ1n) is 8.44. The SMILES string of the molecule is Cc1nn(C)c2nc(-c3ccco3)cc(C(=O)NNc3c(Cl)cc(Cl)cc3Cl)c12. The molecule has 7 nitrogen and oxygen atoms in total. The van der Waals surface area contributed by atoms with Gasteiger partial charge in [0.1, 0.15) is 5.69 Å². The van der Waals surface area contributed by atoms with Gasteiger partial charge in [0.25, 0.3) is 5.91 Å². The molecule has 0 saturated heterocycles. The second-order valence-electron chi connectivity index (χ2n) is 6.26. The van der Waals surface area contributed by atoms with Gasteiger partial charge in [-0.3, -0.25) is 20.3 Å². The van der Waals surface area contributed by atoms with Crippen molar-refractivity contribution in [1.29, 1.82) is 0 Å². The van der Waals surface area contributed by atoms with Gasteiger partial charge in [0.05, 0.1) is 38.6 Å². The molecule has 4 aromatic rings. The molecule has 29 heavy (non-hydrogen) atoms. The van der Waals surface area contributed by atoms with Crippen molar-refractivity contribution < 1.29 is 9.21 Å². The van der Waals surface area contributed by atoms with Crippen molar-refractivity contribution in [3.63, 3.8) is 0 Å². The molecule has 1 aromatic carbocycles. The van der Waals surface area contributed by atoms with E-state index in [2.05, 4.69) is 20.9 Å². The van der Waals surface area contributed by atoms with Crippen LogP contribution < -0.4 is 10.9 Å². The van der Waals surface area contributed by atoms with Crippen molar-refractivity contribution >= 4 is 57.4 Å². The van der Waals surface area contributed by atoms with Crippen molar-refractivity contribution in [1.82, 2.24) is 20.2 Å². The molecule has 4 rings (SSSR count). The number of halogens is 3. The van der Waals surface area contributed by atoms with Crippen LogP contribution in [0.3, 0.4) is 0 Å². The number of pyridine rings is 1. The highest BCUT2D eigenvalue weighted by molar-refractivity contribution is 6.41. The van der Waals surface area contributed by atoms with E-state index in [1.165, 1.54) is 12.1 Å². The Bertz CT molecular complexity index is 1210. The number of aromatic nitrogens is 3. The molecular formula is C19H14Cl3N5O2. The van der Waals surface area contributed by atoms with Gasteiger partial charge in [0.2, 0.25) is 0 Å². The lowest BCUT2D eigenvalue weighted by molar-refractivity contribution is 0.0964. The number of carbonyl (C=O) groups excluding carboxylic acids is 1. The van der Waals surface area contributed by atoms with Crippen LogP contribution in [0.2, 0.25) is 15.1 Å². The second kappa shape index (κ2) is 7.59. The van der Waals surface area contributed by atoms with Gasteiger partial charge in [-0.05, 0) is 37.3 Å². The smallest absolute Gasteiger partial charge is 0.270 e. The van der Waals surface area contributed by atoms with Crippen LogP contribution in [0, 0.1) is 6.92 Å². The van der Waals surface area contributed by atoms with Gasteiger partial charge in [-0.2, -0.15) is 5.10 Å². The van der Waals surface area contributed by atoms with Gasteiger partial charge >= 0.3 is 0 Å². The second-order valence-corrected chi connectivity index (χ2v) is 7.51. The molecule has 2 N–H and O–H groups in total. The Morgan fingerprint density at radius 2 is 1.90 bits per heavy atom. The molecule has 0 aliphatic heterocycles. The number of hydrogen-bond acceptors (Lipinski definition) is 5. The minimum atomic E-state index is -0.414. The van der Waals surface area contributed by atoms with Crippen LogP contribution in [-0.2, 0) is 7.05 Å². The number of hydrogen-bond donors (Lipinski definition) is 2. The fourth-order valence-electron chi connectivity index (χ4n) is 3.02. The number of amides is 1.